The first-order valence-electron chi connectivity index (χ1n) is 13.2. The first-order valence-corrected chi connectivity index (χ1v) is 13.2. The van der Waals surface area contributed by atoms with Gasteiger partial charge in [0.2, 0.25) is 5.78 Å². The minimum atomic E-state index is -4.64. The van der Waals surface area contributed by atoms with E-state index in [0.717, 1.165) is 6.08 Å². The van der Waals surface area contributed by atoms with Gasteiger partial charge in [0, 0.05) is 28.7 Å². The third-order valence-electron chi connectivity index (χ3n) is 10.3. The largest absolute Gasteiger partial charge is 0.455 e. The fraction of sp³-hybridized carbons (Fsp3) is 0.731. The lowest BCUT2D eigenvalue weighted by Crippen LogP contribution is -2.73. The monoisotopic (exact) mass is 602 g/mol. The second kappa shape index (κ2) is 9.16. The molecule has 1 heterocycles. The summed E-state index contributed by atoms with van der Waals surface area (Å²) in [7, 11) is 0. The van der Waals surface area contributed by atoms with Crippen LogP contribution in [0.4, 0.5) is 0 Å². The third kappa shape index (κ3) is 3.89. The second-order valence-corrected chi connectivity index (χ2v) is 12.5. The van der Waals surface area contributed by atoms with Crippen LogP contribution < -0.4 is 0 Å². The number of Topliss-reactive ketones (excluding diaryl/α,β-unsaturated/α-hetero) is 1. The first-order chi connectivity index (χ1) is 19.1. The maximum Gasteiger partial charge on any atom is 0.356 e. The molecular weight excluding hydrogens is 568 g/mol. The summed E-state index contributed by atoms with van der Waals surface area (Å²) in [5.74, 6) is -17.4. The summed E-state index contributed by atoms with van der Waals surface area (Å²) in [6.07, 6.45) is 1.55. The average Bonchev–Trinajstić information content (AvgIpc) is 3.38. The van der Waals surface area contributed by atoms with Crippen molar-refractivity contribution in [1.82, 2.24) is 0 Å². The van der Waals surface area contributed by atoms with E-state index in [9.17, 15) is 65.4 Å². The zero-order valence-corrected chi connectivity index (χ0v) is 22.6. The van der Waals surface area contributed by atoms with E-state index in [4.69, 9.17) is 9.47 Å². The summed E-state index contributed by atoms with van der Waals surface area (Å²) in [4.78, 5) is 38.3. The minimum Gasteiger partial charge on any atom is -0.455 e. The fourth-order valence-corrected chi connectivity index (χ4v) is 8.50. The SMILES string of the molecule is CC12C=CC(=O)C=C1C(O)(O)CC1C2C(O)CC2(C)C1CC1OCOC12C(=O)COC(=O)C(O)(C(O)(O)O)C(O)(O)O. The average molecular weight is 603 g/mol. The molecule has 4 fully saturated rings. The van der Waals surface area contributed by atoms with Crippen LogP contribution in [-0.4, -0.2) is 123 Å². The number of hydrogen-bond acceptors (Lipinski definition) is 16. The number of aliphatic hydroxyl groups is 10. The van der Waals surface area contributed by atoms with Gasteiger partial charge in [0.05, 0.1) is 12.2 Å². The maximum absolute atomic E-state index is 13.8. The Morgan fingerprint density at radius 3 is 2.26 bits per heavy atom. The molecule has 5 rings (SSSR count). The van der Waals surface area contributed by atoms with Gasteiger partial charge < -0.3 is 65.3 Å². The Morgan fingerprint density at radius 1 is 1.05 bits per heavy atom. The molecule has 0 bridgehead atoms. The molecule has 0 radical (unpaired) electrons. The van der Waals surface area contributed by atoms with Gasteiger partial charge in [0.25, 0.3) is 0 Å². The summed E-state index contributed by atoms with van der Waals surface area (Å²) in [5.41, 5.74) is -8.87. The molecule has 16 heteroatoms. The Kier molecular flexibility index (Phi) is 6.82. The summed E-state index contributed by atoms with van der Waals surface area (Å²) >= 11 is 0. The van der Waals surface area contributed by atoms with Gasteiger partial charge in [-0.05, 0) is 36.8 Å². The topological polar surface area (TPSA) is 281 Å². The predicted octanol–water partition coefficient (Wildman–Crippen LogP) is -4.62. The highest BCUT2D eigenvalue weighted by molar-refractivity contribution is 6.01. The van der Waals surface area contributed by atoms with Crippen LogP contribution in [-0.2, 0) is 28.6 Å². The van der Waals surface area contributed by atoms with Crippen LogP contribution in [0, 0.1) is 28.6 Å². The molecule has 3 saturated carbocycles. The molecule has 1 saturated heterocycles. The maximum atomic E-state index is 13.8. The van der Waals surface area contributed by atoms with Crippen LogP contribution in [0.1, 0.15) is 33.1 Å². The molecular formula is C26H34O16. The summed E-state index contributed by atoms with van der Waals surface area (Å²) in [5, 5.41) is 99.7. The normalized spacial score (nSPS) is 40.9. The van der Waals surface area contributed by atoms with Gasteiger partial charge in [-0.25, -0.2) is 4.79 Å². The molecule has 8 unspecified atom stereocenters. The molecule has 4 aliphatic carbocycles. The Morgan fingerprint density at radius 2 is 1.67 bits per heavy atom. The van der Waals surface area contributed by atoms with E-state index in [2.05, 4.69) is 4.74 Å². The highest BCUT2D eigenvalue weighted by Crippen LogP contribution is 2.70. The van der Waals surface area contributed by atoms with Gasteiger partial charge in [0.1, 0.15) is 6.79 Å². The van der Waals surface area contributed by atoms with Gasteiger partial charge in [-0.1, -0.05) is 19.9 Å². The predicted molar refractivity (Wildman–Crippen MR) is 129 cm³/mol. The van der Waals surface area contributed by atoms with Gasteiger partial charge in [-0.15, -0.1) is 0 Å². The molecule has 1 aliphatic heterocycles. The van der Waals surface area contributed by atoms with Crippen LogP contribution in [0.25, 0.3) is 0 Å². The Labute approximate surface area is 237 Å². The van der Waals surface area contributed by atoms with Crippen LogP contribution in [0.5, 0.6) is 0 Å². The quantitative estimate of drug-likeness (QED) is 0.101. The molecule has 0 amide bonds. The molecule has 0 spiro atoms. The third-order valence-corrected chi connectivity index (χ3v) is 10.3. The van der Waals surface area contributed by atoms with Gasteiger partial charge in [-0.3, -0.25) is 9.59 Å². The van der Waals surface area contributed by atoms with E-state index in [-0.39, 0.29) is 31.6 Å². The number of ether oxygens (including phenoxy) is 3. The highest BCUT2D eigenvalue weighted by atomic mass is 16.8. The van der Waals surface area contributed by atoms with Crippen LogP contribution in [0.15, 0.2) is 23.8 Å². The summed E-state index contributed by atoms with van der Waals surface area (Å²) in [6.45, 7) is 1.59. The summed E-state index contributed by atoms with van der Waals surface area (Å²) in [6, 6.07) is 0. The molecule has 42 heavy (non-hydrogen) atoms. The standard InChI is InChI=1S/C26H34O16/c1-20-4-3-11(27)5-15(20)22(31,32)7-12-13-6-17-23(42-10-41-17,21(13,2)8-14(28)18(12)20)16(29)9-40-19(30)24(33,25(34,35)36)26(37,38)39/h3-5,12-14,17-18,28,31-39H,6-10H2,1-2H3. The lowest BCUT2D eigenvalue weighted by molar-refractivity contribution is -0.481. The zero-order valence-electron chi connectivity index (χ0n) is 22.6. The van der Waals surface area contributed by atoms with Crippen molar-refractivity contribution in [2.45, 2.75) is 74.3 Å². The van der Waals surface area contributed by atoms with Gasteiger partial charge in [0.15, 0.2) is 23.8 Å². The molecule has 234 valence electrons. The van der Waals surface area contributed by atoms with Crippen molar-refractivity contribution in [3.8, 4) is 0 Å². The van der Waals surface area contributed by atoms with Gasteiger partial charge in [-0.2, -0.15) is 0 Å². The van der Waals surface area contributed by atoms with Crippen LogP contribution in [0.2, 0.25) is 0 Å². The highest BCUT2D eigenvalue weighted by Gasteiger charge is 2.76. The molecule has 16 nitrogen and oxygen atoms in total. The van der Waals surface area contributed by atoms with Crippen molar-refractivity contribution >= 4 is 17.5 Å². The van der Waals surface area contributed by atoms with E-state index < -0.39 is 93.9 Å². The second-order valence-electron chi connectivity index (χ2n) is 12.5. The van der Waals surface area contributed by atoms with E-state index in [1.54, 1.807) is 13.8 Å². The molecule has 0 aromatic heterocycles. The van der Waals surface area contributed by atoms with Crippen molar-refractivity contribution in [1.29, 1.82) is 0 Å². The lowest BCUT2D eigenvalue weighted by Gasteiger charge is -2.61. The van der Waals surface area contributed by atoms with Crippen LogP contribution in [0.3, 0.4) is 0 Å². The minimum absolute atomic E-state index is 0.0442. The lowest BCUT2D eigenvalue weighted by atomic mass is 9.45. The Balaban J connectivity index is 1.48. The molecule has 0 aromatic carbocycles. The van der Waals surface area contributed by atoms with E-state index in [1.165, 1.54) is 12.2 Å². The Bertz CT molecular complexity index is 1240. The van der Waals surface area contributed by atoms with E-state index >= 15 is 0 Å². The first kappa shape index (κ1) is 31.2. The number of esters is 1. The number of allylic oxidation sites excluding steroid dienone is 3. The fourth-order valence-electron chi connectivity index (χ4n) is 8.50. The summed E-state index contributed by atoms with van der Waals surface area (Å²) < 4.78 is 16.2. The van der Waals surface area contributed by atoms with Gasteiger partial charge >= 0.3 is 23.5 Å². The Hall–Kier alpha value is -2.19. The number of carbonyl (C=O) groups excluding carboxylic acids is 3. The molecule has 8 atom stereocenters. The van der Waals surface area contributed by atoms with Crippen molar-refractivity contribution < 1.29 is 79.7 Å². The zero-order chi connectivity index (χ0) is 31.5. The van der Waals surface area contributed by atoms with Crippen molar-refractivity contribution in [3.05, 3.63) is 23.8 Å². The number of carbonyl (C=O) groups is 3. The molecule has 5 aliphatic rings. The smallest absolute Gasteiger partial charge is 0.356 e. The number of fused-ring (bicyclic) bond motifs is 7. The van der Waals surface area contributed by atoms with Crippen molar-refractivity contribution in [2.75, 3.05) is 13.4 Å². The van der Waals surface area contributed by atoms with Crippen molar-refractivity contribution in [3.63, 3.8) is 0 Å². The van der Waals surface area contributed by atoms with E-state index in [0.29, 0.717) is 0 Å². The molecule has 10 N–H and O–H groups in total. The number of ketones is 2. The number of hydrogen-bond donors (Lipinski definition) is 10. The molecule has 0 aromatic rings. The van der Waals surface area contributed by atoms with Crippen molar-refractivity contribution in [2.24, 2.45) is 28.6 Å². The number of rotatable bonds is 6. The van der Waals surface area contributed by atoms with Crippen LogP contribution >= 0.6 is 0 Å². The van der Waals surface area contributed by atoms with E-state index in [1.807, 2.05) is 0 Å². The number of aliphatic hydroxyl groups excluding tert-OH is 1.